The van der Waals surface area contributed by atoms with Gasteiger partial charge in [-0.05, 0) is 18.2 Å². The number of aliphatic carboxylic acids is 1. The van der Waals surface area contributed by atoms with Crippen LogP contribution < -0.4 is 0 Å². The van der Waals surface area contributed by atoms with E-state index in [1.807, 2.05) is 0 Å². The summed E-state index contributed by atoms with van der Waals surface area (Å²) in [7, 11) is 0. The zero-order chi connectivity index (χ0) is 10.0. The van der Waals surface area contributed by atoms with E-state index in [-0.39, 0.29) is 5.02 Å². The molecule has 0 saturated heterocycles. The monoisotopic (exact) mass is 202 g/mol. The Labute approximate surface area is 77.7 Å². The second-order valence-corrected chi connectivity index (χ2v) is 2.69. The second-order valence-electron chi connectivity index (χ2n) is 2.26. The fourth-order valence-corrected chi connectivity index (χ4v) is 0.959. The molecule has 1 N–H and O–H groups in total. The van der Waals surface area contributed by atoms with Crippen molar-refractivity contribution in [3.63, 3.8) is 0 Å². The van der Waals surface area contributed by atoms with Crippen LogP contribution in [0.2, 0.25) is 5.02 Å². The molecule has 0 amide bonds. The van der Waals surface area contributed by atoms with E-state index in [1.54, 1.807) is 0 Å². The lowest BCUT2D eigenvalue weighted by Gasteiger charge is -1.98. The van der Waals surface area contributed by atoms with Gasteiger partial charge < -0.3 is 5.11 Å². The molecule has 0 saturated carbocycles. The summed E-state index contributed by atoms with van der Waals surface area (Å²) in [6, 6.07) is 3.15. The summed E-state index contributed by atoms with van der Waals surface area (Å²) in [5, 5.41) is 8.41. The van der Waals surface area contributed by atoms with Crippen LogP contribution in [0.3, 0.4) is 0 Å². The molecule has 0 fully saturated rings. The van der Waals surface area contributed by atoms with Gasteiger partial charge in [0.25, 0.3) is 5.78 Å². The SMILES string of the molecule is O=C(O)C(=O)c1cc(Cl)ccc1F. The van der Waals surface area contributed by atoms with Gasteiger partial charge in [-0.3, -0.25) is 4.79 Å². The van der Waals surface area contributed by atoms with Gasteiger partial charge in [-0.15, -0.1) is 0 Å². The average Bonchev–Trinajstić information content (AvgIpc) is 2.08. The van der Waals surface area contributed by atoms with Crippen LogP contribution in [-0.2, 0) is 4.79 Å². The van der Waals surface area contributed by atoms with E-state index in [2.05, 4.69) is 0 Å². The molecule has 0 aliphatic carbocycles. The van der Waals surface area contributed by atoms with Gasteiger partial charge in [0.2, 0.25) is 0 Å². The summed E-state index contributed by atoms with van der Waals surface area (Å²) in [6.45, 7) is 0. The number of carboxylic acid groups (broad SMARTS) is 1. The Hall–Kier alpha value is -1.42. The first-order valence-corrected chi connectivity index (χ1v) is 3.63. The van der Waals surface area contributed by atoms with Gasteiger partial charge >= 0.3 is 5.97 Å². The van der Waals surface area contributed by atoms with Crippen LogP contribution in [0.4, 0.5) is 4.39 Å². The minimum atomic E-state index is -1.71. The molecule has 3 nitrogen and oxygen atoms in total. The number of carbonyl (C=O) groups is 2. The third kappa shape index (κ3) is 2.03. The quantitative estimate of drug-likeness (QED) is 0.587. The van der Waals surface area contributed by atoms with Crippen molar-refractivity contribution < 1.29 is 19.1 Å². The zero-order valence-electron chi connectivity index (χ0n) is 6.25. The van der Waals surface area contributed by atoms with Crippen molar-refractivity contribution in [2.24, 2.45) is 0 Å². The molecule has 13 heavy (non-hydrogen) atoms. The van der Waals surface area contributed by atoms with E-state index < -0.39 is 23.1 Å². The normalized spacial score (nSPS) is 9.69. The van der Waals surface area contributed by atoms with Crippen molar-refractivity contribution in [1.82, 2.24) is 0 Å². The van der Waals surface area contributed by atoms with E-state index in [0.717, 1.165) is 12.1 Å². The number of carboxylic acids is 1. The van der Waals surface area contributed by atoms with Crippen LogP contribution in [0.25, 0.3) is 0 Å². The highest BCUT2D eigenvalue weighted by molar-refractivity contribution is 6.40. The smallest absolute Gasteiger partial charge is 0.377 e. The lowest BCUT2D eigenvalue weighted by molar-refractivity contribution is -0.131. The maximum Gasteiger partial charge on any atom is 0.377 e. The van der Waals surface area contributed by atoms with E-state index in [0.29, 0.717) is 0 Å². The Kier molecular flexibility index (Phi) is 2.63. The Morgan fingerprint density at radius 2 is 2.00 bits per heavy atom. The zero-order valence-corrected chi connectivity index (χ0v) is 7.01. The Morgan fingerprint density at radius 3 is 2.54 bits per heavy atom. The first kappa shape index (κ1) is 9.67. The Balaban J connectivity index is 3.21. The van der Waals surface area contributed by atoms with Crippen molar-refractivity contribution in [3.8, 4) is 0 Å². The highest BCUT2D eigenvalue weighted by atomic mass is 35.5. The summed E-state index contributed by atoms with van der Waals surface area (Å²) in [4.78, 5) is 21.0. The molecule has 1 rings (SSSR count). The molecular formula is C8H4ClFO3. The first-order valence-electron chi connectivity index (χ1n) is 3.25. The molecule has 0 unspecified atom stereocenters. The van der Waals surface area contributed by atoms with Gasteiger partial charge in [-0.25, -0.2) is 9.18 Å². The van der Waals surface area contributed by atoms with Gasteiger partial charge in [-0.2, -0.15) is 0 Å². The number of rotatable bonds is 2. The minimum Gasteiger partial charge on any atom is -0.475 e. The average molecular weight is 203 g/mol. The lowest BCUT2D eigenvalue weighted by Crippen LogP contribution is -2.14. The van der Waals surface area contributed by atoms with Crippen LogP contribution in [0.5, 0.6) is 0 Å². The number of carbonyl (C=O) groups excluding carboxylic acids is 1. The molecule has 0 aliphatic rings. The molecule has 5 heteroatoms. The van der Waals surface area contributed by atoms with Crippen molar-refractivity contribution in [2.45, 2.75) is 0 Å². The van der Waals surface area contributed by atoms with Gasteiger partial charge in [0, 0.05) is 5.02 Å². The molecular weight excluding hydrogens is 199 g/mol. The summed E-state index contributed by atoms with van der Waals surface area (Å²) < 4.78 is 12.8. The third-order valence-electron chi connectivity index (χ3n) is 1.37. The van der Waals surface area contributed by atoms with Crippen LogP contribution in [0.1, 0.15) is 10.4 Å². The Bertz CT molecular complexity index is 376. The number of benzene rings is 1. The maximum absolute atomic E-state index is 12.8. The van der Waals surface area contributed by atoms with E-state index >= 15 is 0 Å². The molecule has 0 bridgehead atoms. The Morgan fingerprint density at radius 1 is 1.38 bits per heavy atom. The number of ketones is 1. The molecule has 0 aromatic heterocycles. The van der Waals surface area contributed by atoms with Crippen molar-refractivity contribution >= 4 is 23.4 Å². The molecule has 0 spiro atoms. The van der Waals surface area contributed by atoms with Crippen LogP contribution >= 0.6 is 11.6 Å². The predicted molar refractivity (Wildman–Crippen MR) is 43.4 cm³/mol. The molecule has 0 aliphatic heterocycles. The third-order valence-corrected chi connectivity index (χ3v) is 1.60. The number of Topliss-reactive ketones (excluding diaryl/α,β-unsaturated/α-hetero) is 1. The van der Waals surface area contributed by atoms with Crippen molar-refractivity contribution in [3.05, 3.63) is 34.6 Å². The highest BCUT2D eigenvalue weighted by Gasteiger charge is 2.18. The van der Waals surface area contributed by atoms with Crippen LogP contribution in [0, 0.1) is 5.82 Å². The van der Waals surface area contributed by atoms with Crippen molar-refractivity contribution in [2.75, 3.05) is 0 Å². The van der Waals surface area contributed by atoms with E-state index in [9.17, 15) is 14.0 Å². The molecule has 1 aromatic rings. The summed E-state index contributed by atoms with van der Waals surface area (Å²) in [5.41, 5.74) is -0.528. The van der Waals surface area contributed by atoms with Gasteiger partial charge in [-0.1, -0.05) is 11.6 Å². The molecule has 1 aromatic carbocycles. The minimum absolute atomic E-state index is 0.117. The topological polar surface area (TPSA) is 54.4 Å². The number of hydrogen-bond donors (Lipinski definition) is 1. The summed E-state index contributed by atoms with van der Waals surface area (Å²) in [6.07, 6.45) is 0. The maximum atomic E-state index is 12.8. The number of halogens is 2. The second kappa shape index (κ2) is 3.53. The lowest BCUT2D eigenvalue weighted by atomic mass is 10.1. The molecule has 0 heterocycles. The standard InChI is InChI=1S/C8H4ClFO3/c9-4-1-2-6(10)5(3-4)7(11)8(12)13/h1-3H,(H,12,13). The predicted octanol–water partition coefficient (Wildman–Crippen LogP) is 1.75. The fourth-order valence-electron chi connectivity index (χ4n) is 0.787. The summed E-state index contributed by atoms with van der Waals surface area (Å²) >= 11 is 5.45. The van der Waals surface area contributed by atoms with Crippen LogP contribution in [0.15, 0.2) is 18.2 Å². The first-order chi connectivity index (χ1) is 6.02. The van der Waals surface area contributed by atoms with E-state index in [4.69, 9.17) is 16.7 Å². The van der Waals surface area contributed by atoms with Crippen LogP contribution in [-0.4, -0.2) is 16.9 Å². The molecule has 68 valence electrons. The largest absolute Gasteiger partial charge is 0.475 e. The number of hydrogen-bond acceptors (Lipinski definition) is 2. The van der Waals surface area contributed by atoms with Crippen molar-refractivity contribution in [1.29, 1.82) is 0 Å². The molecule has 0 radical (unpaired) electrons. The summed E-state index contributed by atoms with van der Waals surface area (Å²) in [5.74, 6) is -3.90. The van der Waals surface area contributed by atoms with Gasteiger partial charge in [0.1, 0.15) is 5.82 Å². The van der Waals surface area contributed by atoms with E-state index in [1.165, 1.54) is 6.07 Å². The highest BCUT2D eigenvalue weighted by Crippen LogP contribution is 2.15. The fraction of sp³-hybridized carbons (Fsp3) is 0. The van der Waals surface area contributed by atoms with Gasteiger partial charge in [0.15, 0.2) is 0 Å². The molecule has 0 atom stereocenters. The van der Waals surface area contributed by atoms with Gasteiger partial charge in [0.05, 0.1) is 5.56 Å².